The summed E-state index contributed by atoms with van der Waals surface area (Å²) < 4.78 is 18.0. The molecule has 0 saturated carbocycles. The summed E-state index contributed by atoms with van der Waals surface area (Å²) in [5, 5.41) is 10.1. The predicted octanol–water partition coefficient (Wildman–Crippen LogP) is 7.64. The Morgan fingerprint density at radius 2 is 1.75 bits per heavy atom. The first kappa shape index (κ1) is 26.1. The maximum atomic E-state index is 11.3. The number of ether oxygens (including phenoxy) is 3. The summed E-state index contributed by atoms with van der Waals surface area (Å²) in [6.45, 7) is 5.71. The summed E-state index contributed by atoms with van der Waals surface area (Å²) in [6.07, 6.45) is -0.0491. The lowest BCUT2D eigenvalue weighted by atomic mass is 9.74. The van der Waals surface area contributed by atoms with Gasteiger partial charge < -0.3 is 19.3 Å². The number of benzene rings is 3. The molecule has 5 nitrogen and oxygen atoms in total. The van der Waals surface area contributed by atoms with Gasteiger partial charge in [-0.25, -0.2) is 4.79 Å². The normalized spacial score (nSPS) is 21.6. The fourth-order valence-corrected chi connectivity index (χ4v) is 5.19. The zero-order valence-electron chi connectivity index (χ0n) is 20.1. The lowest BCUT2D eigenvalue weighted by Crippen LogP contribution is -2.32. The van der Waals surface area contributed by atoms with E-state index in [1.54, 1.807) is 19.2 Å². The van der Waals surface area contributed by atoms with E-state index in [1.165, 1.54) is 0 Å². The Kier molecular flexibility index (Phi) is 8.24. The average Bonchev–Trinajstić information content (AvgIpc) is 2.87. The van der Waals surface area contributed by atoms with E-state index in [0.29, 0.717) is 16.3 Å². The Balaban J connectivity index is 1.84. The van der Waals surface area contributed by atoms with Gasteiger partial charge in [0.15, 0.2) is 6.61 Å². The summed E-state index contributed by atoms with van der Waals surface area (Å²) in [6, 6.07) is 21.3. The van der Waals surface area contributed by atoms with Crippen LogP contribution in [0.5, 0.6) is 11.5 Å². The number of methoxy groups -OCH3 is 1. The third-order valence-corrected chi connectivity index (χ3v) is 7.05. The van der Waals surface area contributed by atoms with Gasteiger partial charge in [-0.2, -0.15) is 0 Å². The standard InChI is InChI=1S/C29H28Cl2O5/c1-17(2)22-15-23(18-7-5-4-6-8-18)27(19-9-11-20(30)12-10-19)36-28(22)24-13-21(34-3)14-25(31)29(24)35-16-26(32)33/h4-14,22-23,27-28H,1,15-16H2,2-3H3,(H,32,33)/t22-,23-,27+,28+/m1/s1. The molecule has 1 heterocycles. The van der Waals surface area contributed by atoms with E-state index in [1.807, 2.05) is 49.4 Å². The first-order chi connectivity index (χ1) is 17.3. The zero-order chi connectivity index (χ0) is 25.8. The number of hydrogen-bond acceptors (Lipinski definition) is 4. The highest BCUT2D eigenvalue weighted by Crippen LogP contribution is 2.54. The molecule has 0 amide bonds. The Labute approximate surface area is 221 Å². The van der Waals surface area contributed by atoms with Crippen LogP contribution in [0.4, 0.5) is 0 Å². The minimum absolute atomic E-state index is 0.0507. The minimum Gasteiger partial charge on any atom is -0.497 e. The Morgan fingerprint density at radius 3 is 2.36 bits per heavy atom. The molecule has 36 heavy (non-hydrogen) atoms. The van der Waals surface area contributed by atoms with Crippen molar-refractivity contribution in [1.82, 2.24) is 0 Å². The molecule has 4 atom stereocenters. The smallest absolute Gasteiger partial charge is 0.341 e. The molecule has 0 unspecified atom stereocenters. The third kappa shape index (κ3) is 5.70. The monoisotopic (exact) mass is 526 g/mol. The van der Waals surface area contributed by atoms with E-state index >= 15 is 0 Å². The van der Waals surface area contributed by atoms with E-state index < -0.39 is 18.7 Å². The fraction of sp³-hybridized carbons (Fsp3) is 0.276. The molecule has 0 bridgehead atoms. The molecule has 1 aliphatic rings. The van der Waals surface area contributed by atoms with Gasteiger partial charge in [-0.3, -0.25) is 0 Å². The van der Waals surface area contributed by atoms with Crippen LogP contribution < -0.4 is 9.47 Å². The summed E-state index contributed by atoms with van der Waals surface area (Å²) >= 11 is 12.7. The Morgan fingerprint density at radius 1 is 1.06 bits per heavy atom. The van der Waals surface area contributed by atoms with Crippen LogP contribution in [0.3, 0.4) is 0 Å². The second-order valence-electron chi connectivity index (χ2n) is 8.94. The second-order valence-corrected chi connectivity index (χ2v) is 9.79. The molecule has 0 aliphatic carbocycles. The predicted molar refractivity (Wildman–Crippen MR) is 141 cm³/mol. The highest BCUT2D eigenvalue weighted by atomic mass is 35.5. The third-order valence-electron chi connectivity index (χ3n) is 6.52. The number of carbonyl (C=O) groups is 1. The van der Waals surface area contributed by atoms with Crippen molar-refractivity contribution in [2.75, 3.05) is 13.7 Å². The van der Waals surface area contributed by atoms with Crippen molar-refractivity contribution in [2.45, 2.75) is 31.5 Å². The molecule has 1 N–H and O–H groups in total. The highest BCUT2D eigenvalue weighted by molar-refractivity contribution is 6.32. The van der Waals surface area contributed by atoms with Gasteiger partial charge in [0.2, 0.25) is 0 Å². The van der Waals surface area contributed by atoms with Gasteiger partial charge in [0.1, 0.15) is 11.5 Å². The zero-order valence-corrected chi connectivity index (χ0v) is 21.6. The van der Waals surface area contributed by atoms with Gasteiger partial charge in [-0.05, 0) is 42.7 Å². The lowest BCUT2D eigenvalue weighted by molar-refractivity contribution is -0.139. The van der Waals surface area contributed by atoms with E-state index in [0.717, 1.165) is 23.1 Å². The molecule has 3 aromatic rings. The SMILES string of the molecule is C=C(C)[C@H]1C[C@H](c2ccccc2)[C@H](c2ccc(Cl)cc2)O[C@@H]1c1cc(OC)cc(Cl)c1OCC(=O)O. The van der Waals surface area contributed by atoms with Crippen molar-refractivity contribution < 1.29 is 24.1 Å². The highest BCUT2D eigenvalue weighted by Gasteiger charge is 2.42. The van der Waals surface area contributed by atoms with E-state index in [-0.39, 0.29) is 28.7 Å². The summed E-state index contributed by atoms with van der Waals surface area (Å²) in [5.74, 6) is -0.347. The molecule has 1 fully saturated rings. The van der Waals surface area contributed by atoms with Crippen LogP contribution in [-0.2, 0) is 9.53 Å². The molecule has 0 aromatic heterocycles. The van der Waals surface area contributed by atoms with E-state index in [4.69, 9.17) is 37.4 Å². The van der Waals surface area contributed by atoms with Crippen molar-refractivity contribution in [3.63, 3.8) is 0 Å². The number of rotatable bonds is 8. The molecule has 3 aromatic carbocycles. The summed E-state index contributed by atoms with van der Waals surface area (Å²) in [5.41, 5.74) is 3.71. The van der Waals surface area contributed by atoms with Crippen molar-refractivity contribution in [3.05, 3.63) is 106 Å². The quantitative estimate of drug-likeness (QED) is 0.305. The first-order valence-electron chi connectivity index (χ1n) is 11.6. The Bertz CT molecular complexity index is 1230. The van der Waals surface area contributed by atoms with Crippen LogP contribution >= 0.6 is 23.2 Å². The molecule has 1 saturated heterocycles. The number of halogens is 2. The molecule has 188 valence electrons. The topological polar surface area (TPSA) is 65.0 Å². The second kappa shape index (κ2) is 11.4. The van der Waals surface area contributed by atoms with Gasteiger partial charge >= 0.3 is 5.97 Å². The number of aliphatic carboxylic acids is 1. The van der Waals surface area contributed by atoms with Crippen molar-refractivity contribution in [1.29, 1.82) is 0 Å². The van der Waals surface area contributed by atoms with Crippen LogP contribution in [0.1, 0.15) is 48.2 Å². The molecular formula is C29H28Cl2O5. The van der Waals surface area contributed by atoms with Crippen LogP contribution in [0.25, 0.3) is 0 Å². The maximum Gasteiger partial charge on any atom is 0.341 e. The number of hydrogen-bond donors (Lipinski definition) is 1. The maximum absolute atomic E-state index is 11.3. The van der Waals surface area contributed by atoms with Crippen molar-refractivity contribution in [3.8, 4) is 11.5 Å². The summed E-state index contributed by atoms with van der Waals surface area (Å²) in [4.78, 5) is 11.3. The van der Waals surface area contributed by atoms with Gasteiger partial charge in [0.25, 0.3) is 0 Å². The van der Waals surface area contributed by atoms with Gasteiger partial charge in [0, 0.05) is 28.5 Å². The van der Waals surface area contributed by atoms with Crippen LogP contribution in [0.15, 0.2) is 78.9 Å². The molecule has 7 heteroatoms. The van der Waals surface area contributed by atoms with E-state index in [2.05, 4.69) is 18.7 Å². The lowest BCUT2D eigenvalue weighted by Gasteiger charge is -2.43. The first-order valence-corrected chi connectivity index (χ1v) is 12.4. The largest absolute Gasteiger partial charge is 0.497 e. The number of carboxylic acid groups (broad SMARTS) is 1. The molecular weight excluding hydrogens is 499 g/mol. The molecule has 4 rings (SSSR count). The van der Waals surface area contributed by atoms with Gasteiger partial charge in [-0.15, -0.1) is 0 Å². The fourth-order valence-electron chi connectivity index (χ4n) is 4.80. The average molecular weight is 527 g/mol. The molecule has 1 aliphatic heterocycles. The van der Waals surface area contributed by atoms with Crippen LogP contribution in [0.2, 0.25) is 10.0 Å². The minimum atomic E-state index is -1.10. The van der Waals surface area contributed by atoms with Crippen LogP contribution in [-0.4, -0.2) is 24.8 Å². The van der Waals surface area contributed by atoms with Crippen molar-refractivity contribution >= 4 is 29.2 Å². The van der Waals surface area contributed by atoms with Gasteiger partial charge in [0.05, 0.1) is 24.3 Å². The summed E-state index contributed by atoms with van der Waals surface area (Å²) in [7, 11) is 1.55. The van der Waals surface area contributed by atoms with Crippen molar-refractivity contribution in [2.24, 2.45) is 5.92 Å². The Hall–Kier alpha value is -2.99. The van der Waals surface area contributed by atoms with Gasteiger partial charge in [-0.1, -0.05) is 77.8 Å². The number of carboxylic acids is 1. The molecule has 0 spiro atoms. The molecule has 0 radical (unpaired) electrons. The van der Waals surface area contributed by atoms with E-state index in [9.17, 15) is 9.90 Å². The van der Waals surface area contributed by atoms with Crippen LogP contribution in [0, 0.1) is 5.92 Å².